The summed E-state index contributed by atoms with van der Waals surface area (Å²) in [6.45, 7) is 4.21. The maximum absolute atomic E-state index is 12.4. The summed E-state index contributed by atoms with van der Waals surface area (Å²) in [5, 5.41) is 12.5. The number of aliphatic hydroxyl groups is 1. The lowest BCUT2D eigenvalue weighted by Crippen LogP contribution is -2.43. The molecule has 1 aliphatic rings. The van der Waals surface area contributed by atoms with E-state index in [1.54, 1.807) is 12.1 Å². The number of nitrogens with zero attached hydrogens (tertiary/aromatic N) is 1. The first kappa shape index (κ1) is 28.7. The molecule has 0 bridgehead atoms. The molecule has 5 rings (SSSR count). The van der Waals surface area contributed by atoms with Crippen molar-refractivity contribution in [3.05, 3.63) is 143 Å². The molecule has 1 fully saturated rings. The molecule has 2 N–H and O–H groups in total. The molecule has 0 unspecified atom stereocenters. The molecule has 4 aromatic carbocycles. The third-order valence-electron chi connectivity index (χ3n) is 7.65. The van der Waals surface area contributed by atoms with Crippen LogP contribution in [0.4, 0.5) is 0 Å². The van der Waals surface area contributed by atoms with Crippen molar-refractivity contribution in [3.8, 4) is 0 Å². The van der Waals surface area contributed by atoms with Crippen LogP contribution in [0.25, 0.3) is 0 Å². The van der Waals surface area contributed by atoms with Crippen molar-refractivity contribution in [2.45, 2.75) is 45.1 Å². The van der Waals surface area contributed by atoms with Gasteiger partial charge in [-0.1, -0.05) is 104 Å². The number of likely N-dealkylation sites (N-methyl/N-ethyl adjacent to an activating group) is 1. The highest BCUT2D eigenvalue weighted by Gasteiger charge is 2.38. The summed E-state index contributed by atoms with van der Waals surface area (Å²) in [6, 6.07) is 35.7. The van der Waals surface area contributed by atoms with Crippen LogP contribution in [-0.2, 0) is 29.2 Å². The van der Waals surface area contributed by atoms with Crippen molar-refractivity contribution in [2.75, 3.05) is 13.6 Å². The SMILES string of the molecule is C[C@@H]1[C@H](CN(C)Cc2ccccc2)O[C@H](c2ccc(CNC(=O)c3ccccc3)cc2)O[C@@H]1c1ccc(CO)cc1. The van der Waals surface area contributed by atoms with Gasteiger partial charge in [0.15, 0.2) is 6.29 Å². The highest BCUT2D eigenvalue weighted by Crippen LogP contribution is 2.41. The Hall–Kier alpha value is -3.81. The van der Waals surface area contributed by atoms with E-state index in [2.05, 4.69) is 48.5 Å². The van der Waals surface area contributed by atoms with E-state index in [1.165, 1.54) is 5.56 Å². The molecule has 6 nitrogen and oxygen atoms in total. The van der Waals surface area contributed by atoms with Gasteiger partial charge in [0.1, 0.15) is 0 Å². The molecule has 1 aliphatic heterocycles. The van der Waals surface area contributed by atoms with Gasteiger partial charge in [-0.3, -0.25) is 9.69 Å². The maximum Gasteiger partial charge on any atom is 0.251 e. The third kappa shape index (κ3) is 7.48. The minimum Gasteiger partial charge on any atom is -0.392 e. The normalized spacial score (nSPS) is 20.6. The van der Waals surface area contributed by atoms with Crippen LogP contribution in [-0.4, -0.2) is 35.6 Å². The predicted molar refractivity (Wildman–Crippen MR) is 160 cm³/mol. The van der Waals surface area contributed by atoms with E-state index in [1.807, 2.05) is 72.8 Å². The van der Waals surface area contributed by atoms with Crippen LogP contribution in [0.5, 0.6) is 0 Å². The second-order valence-corrected chi connectivity index (χ2v) is 10.8. The number of carbonyl (C=O) groups excluding carboxylic acids is 1. The first-order valence-corrected chi connectivity index (χ1v) is 14.2. The molecule has 0 aliphatic carbocycles. The molecule has 0 saturated carbocycles. The zero-order valence-electron chi connectivity index (χ0n) is 23.6. The smallest absolute Gasteiger partial charge is 0.251 e. The first-order valence-electron chi connectivity index (χ1n) is 14.2. The predicted octanol–water partition coefficient (Wildman–Crippen LogP) is 6.03. The van der Waals surface area contributed by atoms with Gasteiger partial charge in [0.25, 0.3) is 5.91 Å². The number of nitrogens with one attached hydrogen (secondary N) is 1. The highest BCUT2D eigenvalue weighted by molar-refractivity contribution is 5.94. The molecule has 4 atom stereocenters. The lowest BCUT2D eigenvalue weighted by molar-refractivity contribution is -0.276. The lowest BCUT2D eigenvalue weighted by Gasteiger charge is -2.42. The van der Waals surface area contributed by atoms with Crippen LogP contribution in [0.3, 0.4) is 0 Å². The minimum atomic E-state index is -0.531. The Morgan fingerprint density at radius 2 is 1.39 bits per heavy atom. The van der Waals surface area contributed by atoms with Crippen LogP contribution < -0.4 is 5.32 Å². The van der Waals surface area contributed by atoms with Crippen LogP contribution in [0.15, 0.2) is 109 Å². The number of aliphatic hydroxyl groups excluding tert-OH is 1. The van der Waals surface area contributed by atoms with E-state index >= 15 is 0 Å². The third-order valence-corrected chi connectivity index (χ3v) is 7.65. The molecule has 0 radical (unpaired) electrons. The van der Waals surface area contributed by atoms with Crippen molar-refractivity contribution >= 4 is 5.91 Å². The van der Waals surface area contributed by atoms with Crippen LogP contribution in [0, 0.1) is 5.92 Å². The molecule has 1 amide bonds. The second kappa shape index (κ2) is 13.7. The van der Waals surface area contributed by atoms with Crippen molar-refractivity contribution in [1.82, 2.24) is 10.2 Å². The van der Waals surface area contributed by atoms with Gasteiger partial charge in [-0.05, 0) is 41.4 Å². The topological polar surface area (TPSA) is 71.0 Å². The van der Waals surface area contributed by atoms with E-state index in [4.69, 9.17) is 9.47 Å². The first-order chi connectivity index (χ1) is 20.0. The fourth-order valence-corrected chi connectivity index (χ4v) is 5.26. The molecule has 1 saturated heterocycles. The van der Waals surface area contributed by atoms with E-state index < -0.39 is 6.29 Å². The molecule has 6 heteroatoms. The summed E-state index contributed by atoms with van der Waals surface area (Å²) >= 11 is 0. The van der Waals surface area contributed by atoms with Gasteiger partial charge in [0.05, 0.1) is 18.8 Å². The Bertz CT molecular complexity index is 1380. The second-order valence-electron chi connectivity index (χ2n) is 10.8. The van der Waals surface area contributed by atoms with Crippen LogP contribution in [0.1, 0.15) is 57.5 Å². The fraction of sp³-hybridized carbons (Fsp3) is 0.286. The quantitative estimate of drug-likeness (QED) is 0.252. The zero-order chi connectivity index (χ0) is 28.6. The molecule has 212 valence electrons. The van der Waals surface area contributed by atoms with Crippen molar-refractivity contribution in [3.63, 3.8) is 0 Å². The summed E-state index contributed by atoms with van der Waals surface area (Å²) in [4.78, 5) is 14.7. The number of ether oxygens (including phenoxy) is 2. The summed E-state index contributed by atoms with van der Waals surface area (Å²) in [6.07, 6.45) is -0.756. The number of hydrogen-bond acceptors (Lipinski definition) is 5. The maximum atomic E-state index is 12.4. The number of amides is 1. The molecular weight excluding hydrogens is 512 g/mol. The van der Waals surface area contributed by atoms with Crippen molar-refractivity contribution in [1.29, 1.82) is 0 Å². The van der Waals surface area contributed by atoms with Gasteiger partial charge in [-0.15, -0.1) is 0 Å². The van der Waals surface area contributed by atoms with Crippen molar-refractivity contribution in [2.24, 2.45) is 5.92 Å². The van der Waals surface area contributed by atoms with Crippen LogP contribution >= 0.6 is 0 Å². The summed E-state index contributed by atoms with van der Waals surface area (Å²) in [7, 11) is 2.12. The van der Waals surface area contributed by atoms with E-state index in [-0.39, 0.29) is 30.6 Å². The van der Waals surface area contributed by atoms with Gasteiger partial charge in [0, 0.05) is 36.7 Å². The largest absolute Gasteiger partial charge is 0.392 e. The Labute approximate surface area is 242 Å². The van der Waals surface area contributed by atoms with E-state index in [0.29, 0.717) is 12.1 Å². The summed E-state index contributed by atoms with van der Waals surface area (Å²) in [5.41, 5.74) is 5.78. The Morgan fingerprint density at radius 1 is 0.780 bits per heavy atom. The van der Waals surface area contributed by atoms with Crippen molar-refractivity contribution < 1.29 is 19.4 Å². The van der Waals surface area contributed by atoms with Gasteiger partial charge in [0.2, 0.25) is 0 Å². The van der Waals surface area contributed by atoms with Gasteiger partial charge >= 0.3 is 0 Å². The van der Waals surface area contributed by atoms with E-state index in [9.17, 15) is 9.90 Å². The Morgan fingerprint density at radius 3 is 2.05 bits per heavy atom. The molecular formula is C35H38N2O4. The molecule has 0 aromatic heterocycles. The zero-order valence-corrected chi connectivity index (χ0v) is 23.6. The number of hydrogen-bond donors (Lipinski definition) is 2. The van der Waals surface area contributed by atoms with Crippen LogP contribution in [0.2, 0.25) is 0 Å². The number of benzene rings is 4. The standard InChI is InChI=1S/C35H38N2O4/c1-25-32(23-37(2)22-27-9-5-3-6-10-27)40-35(41-33(25)29-17-15-28(24-38)16-18-29)31-19-13-26(14-20-31)21-36-34(39)30-11-7-4-8-12-30/h3-20,25,32-33,35,38H,21-24H2,1-2H3,(H,36,39)/t25-,32+,33+,35+/m1/s1. The number of carbonyl (C=O) groups is 1. The monoisotopic (exact) mass is 550 g/mol. The Balaban J connectivity index is 1.30. The minimum absolute atomic E-state index is 0.0121. The average Bonchev–Trinajstić information content (AvgIpc) is 3.02. The molecule has 41 heavy (non-hydrogen) atoms. The molecule has 0 spiro atoms. The fourth-order valence-electron chi connectivity index (χ4n) is 5.26. The number of rotatable bonds is 10. The van der Waals surface area contributed by atoms with Gasteiger partial charge < -0.3 is 19.9 Å². The van der Waals surface area contributed by atoms with Gasteiger partial charge in [-0.25, -0.2) is 0 Å². The summed E-state index contributed by atoms with van der Waals surface area (Å²) < 4.78 is 13.2. The highest BCUT2D eigenvalue weighted by atomic mass is 16.7. The summed E-state index contributed by atoms with van der Waals surface area (Å²) in [5.74, 6) is 0.0112. The van der Waals surface area contributed by atoms with Gasteiger partial charge in [-0.2, -0.15) is 0 Å². The molecule has 4 aromatic rings. The molecule has 1 heterocycles. The lowest BCUT2D eigenvalue weighted by atomic mass is 9.90. The van der Waals surface area contributed by atoms with E-state index in [0.717, 1.165) is 35.3 Å². The Kier molecular flexibility index (Phi) is 9.59. The average molecular weight is 551 g/mol.